The fourth-order valence-electron chi connectivity index (χ4n) is 5.13. The smallest absolute Gasteiger partial charge is 0.422 e. The van der Waals surface area contributed by atoms with Crippen molar-refractivity contribution >= 4 is 11.8 Å². The van der Waals surface area contributed by atoms with Gasteiger partial charge >= 0.3 is 6.18 Å². The highest BCUT2D eigenvalue weighted by atomic mass is 19.4. The third-order valence-electron chi connectivity index (χ3n) is 6.78. The summed E-state index contributed by atoms with van der Waals surface area (Å²) in [6.45, 7) is -0.485. The van der Waals surface area contributed by atoms with Crippen molar-refractivity contribution in [2.45, 2.75) is 50.9 Å². The maximum absolute atomic E-state index is 12.5. The number of ether oxygens (including phenoxy) is 1. The maximum atomic E-state index is 12.5. The number of alkyl halides is 3. The van der Waals surface area contributed by atoms with Gasteiger partial charge in [0.2, 0.25) is 5.95 Å². The molecule has 2 aliphatic carbocycles. The number of anilines is 2. The minimum Gasteiger partial charge on any atom is -0.484 e. The largest absolute Gasteiger partial charge is 0.484 e. The highest BCUT2D eigenvalue weighted by molar-refractivity contribution is 5.53. The number of hydrogen-bond donors (Lipinski definition) is 3. The third-order valence-corrected chi connectivity index (χ3v) is 6.78. The molecule has 10 heteroatoms. The van der Waals surface area contributed by atoms with E-state index in [2.05, 4.69) is 26.7 Å². The summed E-state index contributed by atoms with van der Waals surface area (Å²) in [7, 11) is 0. The number of benzene rings is 1. The van der Waals surface area contributed by atoms with Gasteiger partial charge in [-0.25, -0.2) is 4.98 Å². The molecule has 2 aromatic rings. The quantitative estimate of drug-likeness (QED) is 0.518. The number of nitrogens with zero attached hydrogens (tertiary/aromatic N) is 3. The summed E-state index contributed by atoms with van der Waals surface area (Å²) < 4.78 is 42.5. The van der Waals surface area contributed by atoms with E-state index in [0.29, 0.717) is 47.3 Å². The molecule has 0 radical (unpaired) electrons. The summed E-state index contributed by atoms with van der Waals surface area (Å²) in [6, 6.07) is 8.90. The molecule has 0 amide bonds. The van der Waals surface area contributed by atoms with E-state index < -0.39 is 12.8 Å². The van der Waals surface area contributed by atoms with E-state index >= 15 is 0 Å². The fraction of sp³-hybridized carbons (Fsp3) is 0.542. The molecule has 1 aromatic heterocycles. The lowest BCUT2D eigenvalue weighted by Gasteiger charge is -2.44. The topological polar surface area (TPSA) is 109 Å². The molecule has 0 aliphatic heterocycles. The van der Waals surface area contributed by atoms with Crippen molar-refractivity contribution in [2.24, 2.45) is 23.5 Å². The lowest BCUT2D eigenvalue weighted by Crippen LogP contribution is -2.47. The van der Waals surface area contributed by atoms with Gasteiger partial charge < -0.3 is 21.1 Å². The zero-order valence-corrected chi connectivity index (χ0v) is 18.8. The van der Waals surface area contributed by atoms with Crippen LogP contribution in [0.4, 0.5) is 24.9 Å². The predicted molar refractivity (Wildman–Crippen MR) is 122 cm³/mol. The van der Waals surface area contributed by atoms with Crippen LogP contribution in [0, 0.1) is 29.1 Å². The Morgan fingerprint density at radius 2 is 1.88 bits per heavy atom. The number of aromatic nitrogens is 2. The summed E-state index contributed by atoms with van der Waals surface area (Å²) in [5.41, 5.74) is 7.28. The van der Waals surface area contributed by atoms with Crippen molar-refractivity contribution in [1.82, 2.24) is 9.97 Å². The van der Waals surface area contributed by atoms with Crippen LogP contribution in [-0.4, -0.2) is 35.3 Å². The van der Waals surface area contributed by atoms with Gasteiger partial charge in [0.25, 0.3) is 0 Å². The van der Waals surface area contributed by atoms with Gasteiger partial charge in [-0.3, -0.25) is 0 Å². The Hall–Kier alpha value is -3.06. The molecule has 182 valence electrons. The highest BCUT2D eigenvalue weighted by Crippen LogP contribution is 2.41. The van der Waals surface area contributed by atoms with E-state index in [4.69, 9.17) is 10.5 Å². The molecule has 4 N–H and O–H groups in total. The molecule has 34 heavy (non-hydrogen) atoms. The second-order valence-electron chi connectivity index (χ2n) is 9.18. The molecule has 4 atom stereocenters. The van der Waals surface area contributed by atoms with E-state index in [1.54, 1.807) is 18.2 Å². The first-order chi connectivity index (χ1) is 16.3. The summed E-state index contributed by atoms with van der Waals surface area (Å²) in [6.07, 6.45) is 2.82. The Bertz CT molecular complexity index is 1010. The first-order valence-electron chi connectivity index (χ1n) is 11.6. The summed E-state index contributed by atoms with van der Waals surface area (Å²) in [5.74, 6) is 2.47. The molecule has 0 spiro atoms. The molecule has 2 bridgehead atoms. The minimum absolute atomic E-state index is 0.139. The van der Waals surface area contributed by atoms with E-state index in [9.17, 15) is 18.4 Å². The lowest BCUT2D eigenvalue weighted by atomic mass is 9.65. The lowest BCUT2D eigenvalue weighted by molar-refractivity contribution is -0.153. The number of nitrogens with one attached hydrogen (secondary N) is 2. The van der Waals surface area contributed by atoms with Crippen molar-refractivity contribution in [2.75, 3.05) is 23.8 Å². The number of nitriles is 1. The van der Waals surface area contributed by atoms with Crippen molar-refractivity contribution in [3.63, 3.8) is 0 Å². The fourth-order valence-corrected chi connectivity index (χ4v) is 5.13. The highest BCUT2D eigenvalue weighted by Gasteiger charge is 2.38. The average Bonchev–Trinajstić information content (AvgIpc) is 2.80. The molecule has 0 saturated heterocycles. The van der Waals surface area contributed by atoms with E-state index in [1.165, 1.54) is 31.5 Å². The number of rotatable bonds is 8. The molecule has 2 fully saturated rings. The van der Waals surface area contributed by atoms with Crippen LogP contribution in [-0.2, 0) is 6.54 Å². The van der Waals surface area contributed by atoms with Crippen LogP contribution in [0.5, 0.6) is 5.75 Å². The van der Waals surface area contributed by atoms with E-state index in [0.717, 1.165) is 12.8 Å². The van der Waals surface area contributed by atoms with Crippen molar-refractivity contribution < 1.29 is 17.9 Å². The van der Waals surface area contributed by atoms with Crippen LogP contribution in [0.15, 0.2) is 30.5 Å². The Balaban J connectivity index is 1.38. The number of hydrogen-bond acceptors (Lipinski definition) is 7. The standard InChI is InChI=1S/C24H29F3N6O/c25-24(26,27)14-34-20-7-2-1-4-18(20)12-31-23-32-13-19(10-28)22(33-23)30-11-15-8-16-5-3-6-17(9-15)21(16)29/h1-2,4,7,13,15-17,21H,3,5-6,8-9,11-12,14,29H2,(H2,30,31,32,33)/t15?,16-,17+,21-. The van der Waals surface area contributed by atoms with Gasteiger partial charge in [-0.15, -0.1) is 0 Å². The summed E-state index contributed by atoms with van der Waals surface area (Å²) in [4.78, 5) is 8.61. The Morgan fingerprint density at radius 1 is 1.15 bits per heavy atom. The SMILES string of the molecule is N#Cc1cnc(NCc2ccccc2OCC(F)(F)F)nc1NCC1C[C@H]2CCC[C@@H](C1)[C@@H]2N. The number of halogens is 3. The number of nitrogens with two attached hydrogens (primary N) is 1. The normalized spacial score (nSPS) is 24.2. The van der Waals surface area contributed by atoms with Crippen molar-refractivity contribution in [3.8, 4) is 11.8 Å². The molecule has 7 nitrogen and oxygen atoms in total. The van der Waals surface area contributed by atoms with Crippen LogP contribution in [0.3, 0.4) is 0 Å². The molecule has 1 unspecified atom stereocenters. The third kappa shape index (κ3) is 6.08. The predicted octanol–water partition coefficient (Wildman–Crippen LogP) is 4.47. The van der Waals surface area contributed by atoms with Gasteiger partial charge in [-0.1, -0.05) is 24.6 Å². The Morgan fingerprint density at radius 3 is 2.59 bits per heavy atom. The van der Waals surface area contributed by atoms with Gasteiger partial charge in [0.15, 0.2) is 6.61 Å². The molecular weight excluding hydrogens is 445 g/mol. The van der Waals surface area contributed by atoms with Crippen LogP contribution >= 0.6 is 0 Å². The van der Waals surface area contributed by atoms with Crippen LogP contribution in [0.2, 0.25) is 0 Å². The summed E-state index contributed by atoms with van der Waals surface area (Å²) in [5, 5.41) is 15.8. The first kappa shape index (κ1) is 24.1. The van der Waals surface area contributed by atoms with Crippen molar-refractivity contribution in [1.29, 1.82) is 5.26 Å². The van der Waals surface area contributed by atoms with Crippen molar-refractivity contribution in [3.05, 3.63) is 41.6 Å². The number of para-hydroxylation sites is 1. The Kier molecular flexibility index (Phi) is 7.41. The average molecular weight is 475 g/mol. The second-order valence-corrected chi connectivity index (χ2v) is 9.18. The van der Waals surface area contributed by atoms with E-state index in [1.807, 2.05) is 0 Å². The molecular formula is C24H29F3N6O. The number of fused-ring (bicyclic) bond motifs is 2. The zero-order chi connectivity index (χ0) is 24.1. The van der Waals surface area contributed by atoms with Crippen LogP contribution < -0.4 is 21.1 Å². The molecule has 2 saturated carbocycles. The van der Waals surface area contributed by atoms with Gasteiger partial charge in [-0.2, -0.15) is 23.4 Å². The molecule has 4 rings (SSSR count). The van der Waals surface area contributed by atoms with Crippen LogP contribution in [0.1, 0.15) is 43.2 Å². The molecule has 2 aliphatic rings. The van der Waals surface area contributed by atoms with Crippen LogP contribution in [0.25, 0.3) is 0 Å². The van der Waals surface area contributed by atoms with Gasteiger partial charge in [-0.05, 0) is 49.5 Å². The van der Waals surface area contributed by atoms with Gasteiger partial charge in [0.1, 0.15) is 23.2 Å². The Labute approximate surface area is 196 Å². The molecule has 1 aromatic carbocycles. The molecule has 1 heterocycles. The maximum Gasteiger partial charge on any atom is 0.422 e. The minimum atomic E-state index is -4.42. The van der Waals surface area contributed by atoms with Gasteiger partial charge in [0, 0.05) is 24.7 Å². The summed E-state index contributed by atoms with van der Waals surface area (Å²) >= 11 is 0. The second kappa shape index (κ2) is 10.5. The zero-order valence-electron chi connectivity index (χ0n) is 18.8. The van der Waals surface area contributed by atoms with E-state index in [-0.39, 0.29) is 18.2 Å². The first-order valence-corrected chi connectivity index (χ1v) is 11.6. The van der Waals surface area contributed by atoms with Gasteiger partial charge in [0.05, 0.1) is 6.20 Å². The monoisotopic (exact) mass is 474 g/mol.